The molecule has 0 atom stereocenters. The van der Waals surface area contributed by atoms with Crippen LogP contribution in [0.1, 0.15) is 0 Å². The Morgan fingerprint density at radius 2 is 2.21 bits per heavy atom. The van der Waals surface area contributed by atoms with Crippen molar-refractivity contribution in [3.05, 3.63) is 32.3 Å². The van der Waals surface area contributed by atoms with Gasteiger partial charge in [-0.1, -0.05) is 6.07 Å². The molecule has 2 nitrogen and oxygen atoms in total. The summed E-state index contributed by atoms with van der Waals surface area (Å²) in [5.41, 5.74) is 0.756. The summed E-state index contributed by atoms with van der Waals surface area (Å²) in [6.45, 7) is 0. The Balaban J connectivity index is 2.47. The summed E-state index contributed by atoms with van der Waals surface area (Å²) in [5, 5.41) is 0.737. The van der Waals surface area contributed by atoms with Gasteiger partial charge in [0.25, 0.3) is 0 Å². The number of nitrogens with zero attached hydrogens (tertiary/aromatic N) is 2. The molecule has 0 radical (unpaired) electrons. The highest BCUT2D eigenvalue weighted by Gasteiger charge is 2.07. The van der Waals surface area contributed by atoms with E-state index in [1.54, 1.807) is 6.07 Å². The Labute approximate surface area is 106 Å². The molecule has 2 rings (SSSR count). The van der Waals surface area contributed by atoms with Gasteiger partial charge in [0.15, 0.2) is 0 Å². The van der Waals surface area contributed by atoms with Crippen molar-refractivity contribution >= 4 is 50.1 Å². The first-order valence-corrected chi connectivity index (χ1v) is 6.26. The first kappa shape index (κ1) is 10.4. The lowest BCUT2D eigenvalue weighted by atomic mass is 10.2. The largest absolute Gasteiger partial charge is 0.210 e. The molecule has 0 amide bonds. The fourth-order valence-corrected chi connectivity index (χ4v) is 2.46. The van der Waals surface area contributed by atoms with Crippen LogP contribution in [0.25, 0.3) is 10.6 Å². The van der Waals surface area contributed by atoms with Crippen LogP contribution in [0, 0.1) is 9.65 Å². The summed E-state index contributed by atoms with van der Waals surface area (Å²) in [5.74, 6) is -0.285. The van der Waals surface area contributed by atoms with E-state index in [0.717, 1.165) is 10.6 Å². The molecule has 1 heterocycles. The van der Waals surface area contributed by atoms with E-state index in [1.165, 1.54) is 17.6 Å². The predicted molar refractivity (Wildman–Crippen MR) is 65.7 cm³/mol. The van der Waals surface area contributed by atoms with Gasteiger partial charge in [0.2, 0.25) is 3.83 Å². The van der Waals surface area contributed by atoms with Crippen molar-refractivity contribution in [3.63, 3.8) is 0 Å². The van der Waals surface area contributed by atoms with Crippen molar-refractivity contribution in [2.24, 2.45) is 0 Å². The van der Waals surface area contributed by atoms with Gasteiger partial charge in [0.05, 0.1) is 4.47 Å². The third kappa shape index (κ3) is 2.12. The highest BCUT2D eigenvalue weighted by Crippen LogP contribution is 2.25. The van der Waals surface area contributed by atoms with Gasteiger partial charge < -0.3 is 0 Å². The number of halogens is 3. The standard InChI is InChI=1S/C8H3BrFIN2S/c9-5-2-1-4(3-6(5)10)7-12-8(11)13-14-7/h1-3H. The smallest absolute Gasteiger partial charge is 0.203 e. The molecule has 1 aromatic heterocycles. The summed E-state index contributed by atoms with van der Waals surface area (Å²) < 4.78 is 18.4. The molecule has 0 saturated carbocycles. The maximum absolute atomic E-state index is 13.2. The van der Waals surface area contributed by atoms with Crippen molar-refractivity contribution in [1.29, 1.82) is 0 Å². The minimum atomic E-state index is -0.285. The minimum Gasteiger partial charge on any atom is -0.210 e. The second kappa shape index (κ2) is 4.19. The van der Waals surface area contributed by atoms with Gasteiger partial charge in [-0.25, -0.2) is 9.37 Å². The molecule has 2 aromatic rings. The van der Waals surface area contributed by atoms with Crippen molar-refractivity contribution in [2.75, 3.05) is 0 Å². The number of rotatable bonds is 1. The molecule has 0 aliphatic rings. The zero-order valence-corrected chi connectivity index (χ0v) is 11.2. The SMILES string of the molecule is Fc1cc(-c2nc(I)ns2)ccc1Br. The van der Waals surface area contributed by atoms with Crippen LogP contribution in [-0.2, 0) is 0 Å². The third-order valence-electron chi connectivity index (χ3n) is 1.57. The molecule has 72 valence electrons. The highest BCUT2D eigenvalue weighted by molar-refractivity contribution is 14.1. The van der Waals surface area contributed by atoms with Crippen LogP contribution >= 0.6 is 50.1 Å². The quantitative estimate of drug-likeness (QED) is 0.700. The van der Waals surface area contributed by atoms with Crippen molar-refractivity contribution < 1.29 is 4.39 Å². The van der Waals surface area contributed by atoms with Crippen LogP contribution < -0.4 is 0 Å². The zero-order valence-electron chi connectivity index (χ0n) is 6.67. The van der Waals surface area contributed by atoms with Gasteiger partial charge in [0.1, 0.15) is 10.8 Å². The van der Waals surface area contributed by atoms with Gasteiger partial charge in [-0.3, -0.25) is 0 Å². The average Bonchev–Trinajstić information content (AvgIpc) is 2.57. The van der Waals surface area contributed by atoms with Crippen LogP contribution in [0.15, 0.2) is 22.7 Å². The fraction of sp³-hybridized carbons (Fsp3) is 0. The summed E-state index contributed by atoms with van der Waals surface area (Å²) in [6.07, 6.45) is 0. The van der Waals surface area contributed by atoms with Crippen LogP contribution in [-0.4, -0.2) is 9.36 Å². The summed E-state index contributed by atoms with van der Waals surface area (Å²) in [6, 6.07) is 4.92. The summed E-state index contributed by atoms with van der Waals surface area (Å²) in [7, 11) is 0. The van der Waals surface area contributed by atoms with Crippen molar-refractivity contribution in [3.8, 4) is 10.6 Å². The number of benzene rings is 1. The molecule has 0 N–H and O–H groups in total. The first-order chi connectivity index (χ1) is 6.66. The molecule has 0 spiro atoms. The lowest BCUT2D eigenvalue weighted by molar-refractivity contribution is 0.621. The Bertz CT molecular complexity index is 474. The topological polar surface area (TPSA) is 25.8 Å². The lowest BCUT2D eigenvalue weighted by Gasteiger charge is -1.97. The normalized spacial score (nSPS) is 10.5. The van der Waals surface area contributed by atoms with Gasteiger partial charge in [0, 0.05) is 28.2 Å². The first-order valence-electron chi connectivity index (χ1n) is 3.61. The number of aromatic nitrogens is 2. The zero-order chi connectivity index (χ0) is 10.1. The third-order valence-corrected chi connectivity index (χ3v) is 3.78. The molecule has 0 unspecified atom stereocenters. The number of hydrogen-bond donors (Lipinski definition) is 0. The van der Waals surface area contributed by atoms with Crippen LogP contribution in [0.2, 0.25) is 0 Å². The van der Waals surface area contributed by atoms with Gasteiger partial charge in [-0.05, 0) is 39.6 Å². The van der Waals surface area contributed by atoms with E-state index >= 15 is 0 Å². The Kier molecular flexibility index (Phi) is 3.13. The highest BCUT2D eigenvalue weighted by atomic mass is 127. The van der Waals surface area contributed by atoms with E-state index in [4.69, 9.17) is 0 Å². The van der Waals surface area contributed by atoms with E-state index in [2.05, 4.69) is 25.3 Å². The summed E-state index contributed by atoms with van der Waals surface area (Å²) >= 11 is 6.39. The van der Waals surface area contributed by atoms with Crippen molar-refractivity contribution in [1.82, 2.24) is 9.36 Å². The molecular weight excluding hydrogens is 382 g/mol. The molecule has 0 bridgehead atoms. The Hall–Kier alpha value is -0.0800. The van der Waals surface area contributed by atoms with E-state index < -0.39 is 0 Å². The maximum atomic E-state index is 13.2. The van der Waals surface area contributed by atoms with E-state index in [-0.39, 0.29) is 5.82 Å². The molecule has 0 fully saturated rings. The lowest BCUT2D eigenvalue weighted by Crippen LogP contribution is -1.81. The molecule has 6 heteroatoms. The van der Waals surface area contributed by atoms with Crippen LogP contribution in [0.3, 0.4) is 0 Å². The second-order valence-corrected chi connectivity index (χ2v) is 5.07. The summed E-state index contributed by atoms with van der Waals surface area (Å²) in [4.78, 5) is 4.16. The molecule has 14 heavy (non-hydrogen) atoms. The minimum absolute atomic E-state index is 0.285. The van der Waals surface area contributed by atoms with Gasteiger partial charge in [-0.15, -0.1) is 0 Å². The van der Waals surface area contributed by atoms with E-state index in [1.807, 2.05) is 28.7 Å². The molecule has 0 aliphatic carbocycles. The molecule has 0 aliphatic heterocycles. The fourth-order valence-electron chi connectivity index (χ4n) is 0.952. The molecule has 0 saturated heterocycles. The second-order valence-electron chi connectivity index (χ2n) is 2.50. The van der Waals surface area contributed by atoms with Crippen LogP contribution in [0.5, 0.6) is 0 Å². The monoisotopic (exact) mass is 384 g/mol. The molecular formula is C8H3BrFIN2S. The molecule has 1 aromatic carbocycles. The van der Waals surface area contributed by atoms with Gasteiger partial charge in [-0.2, -0.15) is 4.37 Å². The Morgan fingerprint density at radius 3 is 2.79 bits per heavy atom. The maximum Gasteiger partial charge on any atom is 0.203 e. The Morgan fingerprint density at radius 1 is 1.43 bits per heavy atom. The van der Waals surface area contributed by atoms with Crippen molar-refractivity contribution in [2.45, 2.75) is 0 Å². The van der Waals surface area contributed by atoms with Gasteiger partial charge >= 0.3 is 0 Å². The van der Waals surface area contributed by atoms with E-state index in [9.17, 15) is 4.39 Å². The average molecular weight is 385 g/mol. The predicted octanol–water partition coefficient (Wildman–Crippen LogP) is 3.71. The number of hydrogen-bond acceptors (Lipinski definition) is 3. The van der Waals surface area contributed by atoms with E-state index in [0.29, 0.717) is 8.30 Å². The van der Waals surface area contributed by atoms with Crippen LogP contribution in [0.4, 0.5) is 4.39 Å².